The molecular formula is C30H38N6O2S. The monoisotopic (exact) mass is 546 g/mol. The summed E-state index contributed by atoms with van der Waals surface area (Å²) in [6.45, 7) is 7.93. The van der Waals surface area contributed by atoms with Gasteiger partial charge in [-0.1, -0.05) is 19.9 Å². The quantitative estimate of drug-likeness (QED) is 0.444. The molecule has 2 aliphatic heterocycles. The van der Waals surface area contributed by atoms with E-state index < -0.39 is 10.0 Å². The molecule has 8 nitrogen and oxygen atoms in total. The Labute approximate surface area is 231 Å². The summed E-state index contributed by atoms with van der Waals surface area (Å²) >= 11 is 0. The van der Waals surface area contributed by atoms with Crippen LogP contribution in [0.4, 0.5) is 5.69 Å². The van der Waals surface area contributed by atoms with Crippen molar-refractivity contribution in [2.24, 2.45) is 18.9 Å². The molecule has 2 aromatic heterocycles. The minimum Gasteiger partial charge on any atom is -0.320 e. The lowest BCUT2D eigenvalue weighted by atomic mass is 9.59. The third kappa shape index (κ3) is 4.20. The molecule has 7 rings (SSSR count). The molecule has 4 aliphatic rings. The number of rotatable bonds is 6. The van der Waals surface area contributed by atoms with Gasteiger partial charge < -0.3 is 4.57 Å². The lowest BCUT2D eigenvalue weighted by Crippen LogP contribution is -2.43. The van der Waals surface area contributed by atoms with Crippen LogP contribution >= 0.6 is 0 Å². The molecule has 3 fully saturated rings. The van der Waals surface area contributed by atoms with E-state index in [9.17, 15) is 8.42 Å². The van der Waals surface area contributed by atoms with E-state index in [1.807, 2.05) is 29.9 Å². The number of nitrogens with zero attached hydrogens (tertiary/aromatic N) is 6. The van der Waals surface area contributed by atoms with Gasteiger partial charge in [-0.2, -0.15) is 0 Å². The van der Waals surface area contributed by atoms with E-state index in [-0.39, 0.29) is 5.41 Å². The number of hydrogen-bond acceptors (Lipinski definition) is 6. The normalized spacial score (nSPS) is 28.3. The second-order valence-corrected chi connectivity index (χ2v) is 14.6. The molecule has 206 valence electrons. The molecule has 2 saturated carbocycles. The standard InChI is InChI=1S/C30H38N6O2S/c1-20-5-4-8-35(16-20)17-22-9-26(23-6-7-23)27-18-36(39(37,38)28(27)10-22)25-11-24(14-31-15-25)30(12-21(2)13-30)29-33-32-19-34(29)3/h9-11,14-15,19-21,23H,4-8,12-13,16-18H2,1-3H3/t20-,21?,30?/m0/s1. The van der Waals surface area contributed by atoms with Crippen LogP contribution in [-0.2, 0) is 35.6 Å². The molecule has 1 atom stereocenters. The molecule has 0 unspecified atom stereocenters. The van der Waals surface area contributed by atoms with E-state index in [0.29, 0.717) is 34.9 Å². The van der Waals surface area contributed by atoms with Crippen LogP contribution in [0.15, 0.2) is 41.8 Å². The van der Waals surface area contributed by atoms with Gasteiger partial charge in [0, 0.05) is 26.3 Å². The van der Waals surface area contributed by atoms with Crippen LogP contribution < -0.4 is 4.31 Å². The van der Waals surface area contributed by atoms with E-state index in [0.717, 1.165) is 67.8 Å². The van der Waals surface area contributed by atoms with Crippen LogP contribution in [0.5, 0.6) is 0 Å². The molecule has 39 heavy (non-hydrogen) atoms. The van der Waals surface area contributed by atoms with Gasteiger partial charge in [-0.05, 0) is 97.2 Å². The number of pyridine rings is 1. The molecule has 0 N–H and O–H groups in total. The molecule has 4 heterocycles. The third-order valence-electron chi connectivity index (χ3n) is 9.44. The predicted octanol–water partition coefficient (Wildman–Crippen LogP) is 4.74. The maximum Gasteiger partial charge on any atom is 0.265 e. The molecule has 1 aromatic carbocycles. The molecule has 9 heteroatoms. The molecule has 2 aliphatic carbocycles. The van der Waals surface area contributed by atoms with Gasteiger partial charge in [0.25, 0.3) is 10.0 Å². The zero-order valence-corrected chi connectivity index (χ0v) is 24.0. The van der Waals surface area contributed by atoms with Crippen molar-refractivity contribution in [1.29, 1.82) is 0 Å². The molecule has 0 amide bonds. The van der Waals surface area contributed by atoms with Gasteiger partial charge in [-0.15, -0.1) is 10.2 Å². The van der Waals surface area contributed by atoms with Crippen molar-refractivity contribution in [3.63, 3.8) is 0 Å². The number of likely N-dealkylation sites (tertiary alicyclic amines) is 1. The average Bonchev–Trinajstić information content (AvgIpc) is 3.59. The number of aromatic nitrogens is 4. The lowest BCUT2D eigenvalue weighted by molar-refractivity contribution is 0.176. The highest BCUT2D eigenvalue weighted by molar-refractivity contribution is 7.93. The first kappa shape index (κ1) is 25.2. The SMILES string of the molecule is CC1CC(c2cncc(N3Cc4c(C5CC5)cc(CN5CCC[C@H](C)C5)cc4S3(=O)=O)c2)(c2nncn2C)C1. The van der Waals surface area contributed by atoms with E-state index in [2.05, 4.69) is 40.0 Å². The highest BCUT2D eigenvalue weighted by Crippen LogP contribution is 2.52. The van der Waals surface area contributed by atoms with Gasteiger partial charge in [0.05, 0.1) is 28.7 Å². The zero-order chi connectivity index (χ0) is 26.9. The van der Waals surface area contributed by atoms with Gasteiger partial charge in [0.1, 0.15) is 12.2 Å². The van der Waals surface area contributed by atoms with Gasteiger partial charge in [0.2, 0.25) is 0 Å². The van der Waals surface area contributed by atoms with Crippen LogP contribution in [0.2, 0.25) is 0 Å². The van der Waals surface area contributed by atoms with E-state index in [4.69, 9.17) is 0 Å². The molecule has 0 bridgehead atoms. The van der Waals surface area contributed by atoms with E-state index >= 15 is 0 Å². The maximum absolute atomic E-state index is 14.1. The number of piperidine rings is 1. The summed E-state index contributed by atoms with van der Waals surface area (Å²) in [5, 5.41) is 8.60. The Morgan fingerprint density at radius 3 is 2.56 bits per heavy atom. The maximum atomic E-state index is 14.1. The summed E-state index contributed by atoms with van der Waals surface area (Å²) in [5.41, 5.74) is 4.72. The van der Waals surface area contributed by atoms with E-state index in [1.54, 1.807) is 16.8 Å². The first-order chi connectivity index (χ1) is 18.7. The lowest BCUT2D eigenvalue weighted by Gasteiger charge is -2.45. The smallest absolute Gasteiger partial charge is 0.265 e. The molecule has 0 radical (unpaired) electrons. The highest BCUT2D eigenvalue weighted by Gasteiger charge is 2.49. The summed E-state index contributed by atoms with van der Waals surface area (Å²) < 4.78 is 31.8. The highest BCUT2D eigenvalue weighted by atomic mass is 32.2. The minimum absolute atomic E-state index is 0.290. The second-order valence-electron chi connectivity index (χ2n) is 12.7. The van der Waals surface area contributed by atoms with E-state index in [1.165, 1.54) is 18.4 Å². The van der Waals surface area contributed by atoms with Gasteiger partial charge in [-0.25, -0.2) is 8.42 Å². The van der Waals surface area contributed by atoms with Gasteiger partial charge >= 0.3 is 0 Å². The summed E-state index contributed by atoms with van der Waals surface area (Å²) in [4.78, 5) is 7.56. The summed E-state index contributed by atoms with van der Waals surface area (Å²) in [7, 11) is -1.71. The van der Waals surface area contributed by atoms with Crippen molar-refractivity contribution in [2.75, 3.05) is 17.4 Å². The number of hydrogen-bond donors (Lipinski definition) is 0. The third-order valence-corrected chi connectivity index (χ3v) is 11.3. The predicted molar refractivity (Wildman–Crippen MR) is 150 cm³/mol. The fourth-order valence-corrected chi connectivity index (χ4v) is 9.17. The zero-order valence-electron chi connectivity index (χ0n) is 23.2. The Hall–Kier alpha value is -2.78. The van der Waals surface area contributed by atoms with Crippen LogP contribution in [0, 0.1) is 11.8 Å². The average molecular weight is 547 g/mol. The van der Waals surface area contributed by atoms with Crippen LogP contribution in [0.1, 0.15) is 86.4 Å². The van der Waals surface area contributed by atoms with Crippen molar-refractivity contribution in [2.45, 2.75) is 81.7 Å². The molecule has 0 spiro atoms. The number of anilines is 1. The van der Waals surface area contributed by atoms with Crippen molar-refractivity contribution >= 4 is 15.7 Å². The minimum atomic E-state index is -3.68. The number of aryl methyl sites for hydroxylation is 1. The topological polar surface area (TPSA) is 84.2 Å². The number of sulfonamides is 1. The molecule has 1 saturated heterocycles. The van der Waals surface area contributed by atoms with Crippen LogP contribution in [-0.4, -0.2) is 46.2 Å². The summed E-state index contributed by atoms with van der Waals surface area (Å²) in [6, 6.07) is 6.30. The Bertz CT molecular complexity index is 1520. The number of benzene rings is 1. The summed E-state index contributed by atoms with van der Waals surface area (Å²) in [5.74, 6) is 2.65. The Kier molecular flexibility index (Phi) is 5.90. The second kappa shape index (κ2) is 9.13. The summed E-state index contributed by atoms with van der Waals surface area (Å²) in [6.07, 6.45) is 12.0. The largest absolute Gasteiger partial charge is 0.320 e. The van der Waals surface area contributed by atoms with Gasteiger partial charge in [0.15, 0.2) is 0 Å². The van der Waals surface area contributed by atoms with Crippen molar-refractivity contribution in [3.8, 4) is 0 Å². The Morgan fingerprint density at radius 1 is 1.05 bits per heavy atom. The number of fused-ring (bicyclic) bond motifs is 1. The molecule has 3 aromatic rings. The van der Waals surface area contributed by atoms with Crippen molar-refractivity contribution < 1.29 is 8.42 Å². The van der Waals surface area contributed by atoms with Crippen molar-refractivity contribution in [3.05, 3.63) is 65.0 Å². The van der Waals surface area contributed by atoms with Crippen LogP contribution in [0.3, 0.4) is 0 Å². The fraction of sp³-hybridized carbons (Fsp3) is 0.567. The first-order valence-corrected chi connectivity index (χ1v) is 15.9. The Morgan fingerprint density at radius 2 is 1.87 bits per heavy atom. The fourth-order valence-electron chi connectivity index (χ4n) is 7.46. The van der Waals surface area contributed by atoms with Crippen molar-refractivity contribution in [1.82, 2.24) is 24.6 Å². The molecular weight excluding hydrogens is 508 g/mol. The van der Waals surface area contributed by atoms with Gasteiger partial charge in [-0.3, -0.25) is 14.2 Å². The van der Waals surface area contributed by atoms with Crippen LogP contribution in [0.25, 0.3) is 0 Å². The first-order valence-electron chi connectivity index (χ1n) is 14.5. The Balaban J connectivity index is 1.25.